The van der Waals surface area contributed by atoms with Crippen LogP contribution in [0.25, 0.3) is 0 Å². The molecule has 0 saturated heterocycles. The summed E-state index contributed by atoms with van der Waals surface area (Å²) in [5.74, 6) is -0.550. The van der Waals surface area contributed by atoms with E-state index in [2.05, 4.69) is 15.8 Å². The van der Waals surface area contributed by atoms with Gasteiger partial charge in [-0.15, -0.1) is 0 Å². The Morgan fingerprint density at radius 1 is 1.16 bits per heavy atom. The van der Waals surface area contributed by atoms with Crippen LogP contribution in [0, 0.1) is 11.7 Å². The van der Waals surface area contributed by atoms with Crippen molar-refractivity contribution in [3.05, 3.63) is 65.5 Å². The molecule has 0 atom stereocenters. The summed E-state index contributed by atoms with van der Waals surface area (Å²) in [6.45, 7) is 3.94. The fourth-order valence-electron chi connectivity index (χ4n) is 2.10. The smallest absolute Gasteiger partial charge is 0.271 e. The van der Waals surface area contributed by atoms with Gasteiger partial charge in [0.25, 0.3) is 5.91 Å². The van der Waals surface area contributed by atoms with Crippen LogP contribution in [0.2, 0.25) is 0 Å². The Morgan fingerprint density at radius 2 is 1.88 bits per heavy atom. The Hall–Kier alpha value is -3.02. The normalized spacial score (nSPS) is 10.9. The van der Waals surface area contributed by atoms with Gasteiger partial charge in [-0.25, -0.2) is 9.82 Å². The number of carbonyl (C=O) groups is 2. The van der Waals surface area contributed by atoms with Crippen LogP contribution in [0.15, 0.2) is 53.6 Å². The highest BCUT2D eigenvalue weighted by atomic mass is 19.1. The number of hydrogen-bond acceptors (Lipinski definition) is 3. The minimum absolute atomic E-state index is 0.0631. The zero-order chi connectivity index (χ0) is 18.2. The van der Waals surface area contributed by atoms with Gasteiger partial charge in [-0.1, -0.05) is 26.0 Å². The van der Waals surface area contributed by atoms with Crippen LogP contribution in [0.4, 0.5) is 10.1 Å². The van der Waals surface area contributed by atoms with Gasteiger partial charge in [0, 0.05) is 17.7 Å². The molecule has 0 aliphatic carbocycles. The summed E-state index contributed by atoms with van der Waals surface area (Å²) < 4.78 is 13.0. The number of nitrogens with one attached hydrogen (secondary N) is 2. The van der Waals surface area contributed by atoms with E-state index < -0.39 is 5.91 Å². The van der Waals surface area contributed by atoms with Crippen molar-refractivity contribution in [2.24, 2.45) is 11.0 Å². The minimum Gasteiger partial charge on any atom is -0.326 e. The van der Waals surface area contributed by atoms with Gasteiger partial charge >= 0.3 is 0 Å². The molecule has 2 aromatic rings. The van der Waals surface area contributed by atoms with Crippen LogP contribution < -0.4 is 10.7 Å². The number of rotatable bonds is 6. The third-order valence-corrected chi connectivity index (χ3v) is 3.25. The topological polar surface area (TPSA) is 70.6 Å². The summed E-state index contributed by atoms with van der Waals surface area (Å²) in [5, 5.41) is 6.58. The van der Waals surface area contributed by atoms with Gasteiger partial charge < -0.3 is 5.32 Å². The molecular weight excluding hydrogens is 321 g/mol. The van der Waals surface area contributed by atoms with Gasteiger partial charge in [0.2, 0.25) is 5.91 Å². The van der Waals surface area contributed by atoms with E-state index in [-0.39, 0.29) is 17.6 Å². The molecule has 0 aliphatic heterocycles. The first-order valence-electron chi connectivity index (χ1n) is 7.93. The molecule has 0 heterocycles. The molecule has 0 saturated carbocycles. The highest BCUT2D eigenvalue weighted by Crippen LogP contribution is 2.11. The maximum atomic E-state index is 13.0. The zero-order valence-corrected chi connectivity index (χ0v) is 14.1. The second-order valence-corrected chi connectivity index (χ2v) is 5.98. The monoisotopic (exact) mass is 341 g/mol. The molecule has 6 heteroatoms. The van der Waals surface area contributed by atoms with E-state index >= 15 is 0 Å². The van der Waals surface area contributed by atoms with Gasteiger partial charge in [-0.05, 0) is 47.9 Å². The second-order valence-electron chi connectivity index (χ2n) is 5.98. The Morgan fingerprint density at radius 3 is 2.52 bits per heavy atom. The molecule has 0 aromatic heterocycles. The first-order valence-corrected chi connectivity index (χ1v) is 7.93. The van der Waals surface area contributed by atoms with Crippen molar-refractivity contribution in [1.29, 1.82) is 0 Å². The van der Waals surface area contributed by atoms with E-state index in [1.54, 1.807) is 36.4 Å². The summed E-state index contributed by atoms with van der Waals surface area (Å²) in [6, 6.07) is 12.4. The van der Waals surface area contributed by atoms with Gasteiger partial charge in [0.05, 0.1) is 6.21 Å². The average Bonchev–Trinajstić information content (AvgIpc) is 2.54. The molecule has 25 heavy (non-hydrogen) atoms. The van der Waals surface area contributed by atoms with Crippen molar-refractivity contribution in [2.75, 3.05) is 5.32 Å². The van der Waals surface area contributed by atoms with Crippen molar-refractivity contribution in [2.45, 2.75) is 20.3 Å². The van der Waals surface area contributed by atoms with Crippen molar-refractivity contribution >= 4 is 23.7 Å². The molecular formula is C19H20FN3O2. The van der Waals surface area contributed by atoms with Crippen molar-refractivity contribution in [3.8, 4) is 0 Å². The number of hydrogen-bond donors (Lipinski definition) is 2. The first-order chi connectivity index (χ1) is 11.9. The Labute approximate surface area is 145 Å². The lowest BCUT2D eigenvalue weighted by Crippen LogP contribution is -2.18. The lowest BCUT2D eigenvalue weighted by molar-refractivity contribution is -0.116. The van der Waals surface area contributed by atoms with Gasteiger partial charge in [0.1, 0.15) is 5.82 Å². The van der Waals surface area contributed by atoms with Gasteiger partial charge in [-0.3, -0.25) is 9.59 Å². The molecule has 0 aliphatic rings. The van der Waals surface area contributed by atoms with E-state index in [0.29, 0.717) is 23.2 Å². The second kappa shape index (κ2) is 8.73. The maximum Gasteiger partial charge on any atom is 0.271 e. The average molecular weight is 341 g/mol. The minimum atomic E-state index is -0.396. The molecule has 0 unspecified atom stereocenters. The summed E-state index contributed by atoms with van der Waals surface area (Å²) in [6.07, 6.45) is 1.80. The lowest BCUT2D eigenvalue weighted by Gasteiger charge is -2.07. The number of hydrazone groups is 1. The van der Waals surface area contributed by atoms with Crippen molar-refractivity contribution in [1.82, 2.24) is 5.43 Å². The van der Waals surface area contributed by atoms with Crippen LogP contribution in [-0.2, 0) is 4.79 Å². The molecule has 0 bridgehead atoms. The zero-order valence-electron chi connectivity index (χ0n) is 14.1. The van der Waals surface area contributed by atoms with E-state index in [1.165, 1.54) is 18.3 Å². The molecule has 2 N–H and O–H groups in total. The fraction of sp³-hybridized carbons (Fsp3) is 0.211. The highest BCUT2D eigenvalue weighted by Gasteiger charge is 2.07. The lowest BCUT2D eigenvalue weighted by atomic mass is 10.1. The van der Waals surface area contributed by atoms with Gasteiger partial charge in [0.15, 0.2) is 0 Å². The van der Waals surface area contributed by atoms with E-state index in [9.17, 15) is 14.0 Å². The molecule has 5 nitrogen and oxygen atoms in total. The van der Waals surface area contributed by atoms with Crippen molar-refractivity contribution < 1.29 is 14.0 Å². The van der Waals surface area contributed by atoms with Crippen LogP contribution in [-0.4, -0.2) is 18.0 Å². The molecule has 2 aromatic carbocycles. The van der Waals surface area contributed by atoms with E-state index in [1.807, 2.05) is 13.8 Å². The van der Waals surface area contributed by atoms with Crippen LogP contribution in [0.1, 0.15) is 36.2 Å². The Balaban J connectivity index is 1.90. The van der Waals surface area contributed by atoms with E-state index in [0.717, 1.165) is 0 Å². The van der Waals surface area contributed by atoms with Crippen molar-refractivity contribution in [3.63, 3.8) is 0 Å². The third kappa shape index (κ3) is 6.18. The van der Waals surface area contributed by atoms with E-state index in [4.69, 9.17) is 0 Å². The Kier molecular flexibility index (Phi) is 6.39. The largest absolute Gasteiger partial charge is 0.326 e. The summed E-state index contributed by atoms with van der Waals surface area (Å²) in [4.78, 5) is 23.7. The quantitative estimate of drug-likeness (QED) is 0.623. The molecule has 0 spiro atoms. The summed E-state index contributed by atoms with van der Waals surface area (Å²) >= 11 is 0. The predicted molar refractivity (Wildman–Crippen MR) is 96.0 cm³/mol. The summed E-state index contributed by atoms with van der Waals surface area (Å²) in [5.41, 5.74) is 3.95. The first kappa shape index (κ1) is 18.3. The van der Waals surface area contributed by atoms with Crippen LogP contribution in [0.3, 0.4) is 0 Å². The standard InChI is InChI=1S/C19H20FN3O2/c1-13(2)10-18(24)22-17-8-6-15(7-9-17)19(25)23-21-12-14-4-3-5-16(20)11-14/h3-9,11-13H,10H2,1-2H3,(H,22,24)(H,23,25). The number of amides is 2. The van der Waals surface area contributed by atoms with Gasteiger partial charge in [-0.2, -0.15) is 5.10 Å². The molecule has 0 fully saturated rings. The highest BCUT2D eigenvalue weighted by molar-refractivity contribution is 5.96. The molecule has 2 amide bonds. The molecule has 0 radical (unpaired) electrons. The fourth-order valence-corrected chi connectivity index (χ4v) is 2.10. The third-order valence-electron chi connectivity index (χ3n) is 3.25. The SMILES string of the molecule is CC(C)CC(=O)Nc1ccc(C(=O)NN=Cc2cccc(F)c2)cc1. The number of carbonyl (C=O) groups excluding carboxylic acids is 2. The molecule has 130 valence electrons. The number of halogens is 1. The number of nitrogens with zero attached hydrogens (tertiary/aromatic N) is 1. The molecule has 2 rings (SSSR count). The summed E-state index contributed by atoms with van der Waals surface area (Å²) in [7, 11) is 0. The number of anilines is 1. The maximum absolute atomic E-state index is 13.0. The number of benzene rings is 2. The Bertz CT molecular complexity index is 770. The van der Waals surface area contributed by atoms with Crippen LogP contribution in [0.5, 0.6) is 0 Å². The predicted octanol–water partition coefficient (Wildman–Crippen LogP) is 3.57. The van der Waals surface area contributed by atoms with Crippen LogP contribution >= 0.6 is 0 Å².